The standard InChI is InChI=1S/C16H18F2N2/c1-19-16(14-8-3-4-9-15(14)18)11-20(2)13-7-5-6-12(17)10-13/h3-10,16,19H,11H2,1-2H3. The van der Waals surface area contributed by atoms with Gasteiger partial charge in [-0.1, -0.05) is 24.3 Å². The Balaban J connectivity index is 2.16. The molecule has 0 aliphatic carbocycles. The highest BCUT2D eigenvalue weighted by atomic mass is 19.1. The molecule has 1 N–H and O–H groups in total. The summed E-state index contributed by atoms with van der Waals surface area (Å²) >= 11 is 0. The van der Waals surface area contributed by atoms with Crippen LogP contribution in [-0.2, 0) is 0 Å². The van der Waals surface area contributed by atoms with Crippen LogP contribution in [0.1, 0.15) is 11.6 Å². The first-order valence-electron chi connectivity index (χ1n) is 6.50. The highest BCUT2D eigenvalue weighted by molar-refractivity contribution is 5.46. The van der Waals surface area contributed by atoms with E-state index in [9.17, 15) is 8.78 Å². The molecular formula is C16H18F2N2. The Bertz CT molecular complexity index is 572. The molecule has 0 heterocycles. The van der Waals surface area contributed by atoms with Crippen LogP contribution >= 0.6 is 0 Å². The Morgan fingerprint density at radius 3 is 2.50 bits per heavy atom. The van der Waals surface area contributed by atoms with Crippen LogP contribution in [0.4, 0.5) is 14.5 Å². The average Bonchev–Trinajstić information content (AvgIpc) is 2.45. The number of halogens is 2. The smallest absolute Gasteiger partial charge is 0.128 e. The van der Waals surface area contributed by atoms with Crippen LogP contribution in [0.2, 0.25) is 0 Å². The van der Waals surface area contributed by atoms with E-state index in [-0.39, 0.29) is 17.7 Å². The lowest BCUT2D eigenvalue weighted by Gasteiger charge is -2.26. The zero-order valence-electron chi connectivity index (χ0n) is 11.6. The molecule has 0 spiro atoms. The summed E-state index contributed by atoms with van der Waals surface area (Å²) in [4.78, 5) is 1.90. The van der Waals surface area contributed by atoms with Gasteiger partial charge in [-0.3, -0.25) is 0 Å². The van der Waals surface area contributed by atoms with E-state index in [1.807, 2.05) is 24.1 Å². The third-order valence-corrected chi connectivity index (χ3v) is 3.33. The van der Waals surface area contributed by atoms with E-state index in [0.29, 0.717) is 12.1 Å². The van der Waals surface area contributed by atoms with Gasteiger partial charge in [-0.2, -0.15) is 0 Å². The van der Waals surface area contributed by atoms with E-state index in [1.165, 1.54) is 18.2 Å². The summed E-state index contributed by atoms with van der Waals surface area (Å²) in [6, 6.07) is 12.9. The Morgan fingerprint density at radius 1 is 1.10 bits per heavy atom. The minimum Gasteiger partial charge on any atom is -0.373 e. The molecule has 2 nitrogen and oxygen atoms in total. The van der Waals surface area contributed by atoms with Crippen molar-refractivity contribution in [3.05, 3.63) is 65.7 Å². The first-order valence-corrected chi connectivity index (χ1v) is 6.50. The molecule has 2 aromatic rings. The van der Waals surface area contributed by atoms with Gasteiger partial charge in [0.15, 0.2) is 0 Å². The summed E-state index contributed by atoms with van der Waals surface area (Å²) < 4.78 is 27.1. The third kappa shape index (κ3) is 3.33. The molecule has 0 saturated carbocycles. The Labute approximate surface area is 118 Å². The molecule has 1 atom stereocenters. The van der Waals surface area contributed by atoms with Gasteiger partial charge >= 0.3 is 0 Å². The SMILES string of the molecule is CNC(CN(C)c1cccc(F)c1)c1ccccc1F. The molecule has 0 aromatic heterocycles. The van der Waals surface area contributed by atoms with E-state index >= 15 is 0 Å². The Kier molecular flexibility index (Phi) is 4.69. The molecular weight excluding hydrogens is 258 g/mol. The van der Waals surface area contributed by atoms with E-state index in [4.69, 9.17) is 0 Å². The number of benzene rings is 2. The number of nitrogens with one attached hydrogen (secondary N) is 1. The predicted molar refractivity (Wildman–Crippen MR) is 77.9 cm³/mol. The first kappa shape index (κ1) is 14.5. The normalized spacial score (nSPS) is 12.2. The molecule has 0 aliphatic heterocycles. The van der Waals surface area contributed by atoms with Crippen molar-refractivity contribution in [1.29, 1.82) is 0 Å². The van der Waals surface area contributed by atoms with Crippen molar-refractivity contribution < 1.29 is 8.78 Å². The van der Waals surface area contributed by atoms with Gasteiger partial charge in [-0.15, -0.1) is 0 Å². The molecule has 2 aromatic carbocycles. The lowest BCUT2D eigenvalue weighted by atomic mass is 10.1. The van der Waals surface area contributed by atoms with Gasteiger partial charge in [0.25, 0.3) is 0 Å². The molecule has 0 fully saturated rings. The topological polar surface area (TPSA) is 15.3 Å². The molecule has 20 heavy (non-hydrogen) atoms. The Morgan fingerprint density at radius 2 is 1.85 bits per heavy atom. The number of rotatable bonds is 5. The second-order valence-corrected chi connectivity index (χ2v) is 4.72. The Hall–Kier alpha value is -1.94. The largest absolute Gasteiger partial charge is 0.373 e. The summed E-state index contributed by atoms with van der Waals surface area (Å²) in [5.41, 5.74) is 1.37. The lowest BCUT2D eigenvalue weighted by Crippen LogP contribution is -2.31. The molecule has 0 bridgehead atoms. The fourth-order valence-electron chi connectivity index (χ4n) is 2.20. The molecule has 0 amide bonds. The van der Waals surface area contributed by atoms with E-state index in [1.54, 1.807) is 25.2 Å². The van der Waals surface area contributed by atoms with Crippen LogP contribution in [0.25, 0.3) is 0 Å². The number of likely N-dealkylation sites (N-methyl/N-ethyl adjacent to an activating group) is 2. The fourth-order valence-corrected chi connectivity index (χ4v) is 2.20. The van der Waals surface area contributed by atoms with Crippen LogP contribution in [-0.4, -0.2) is 20.6 Å². The van der Waals surface area contributed by atoms with Crippen molar-refractivity contribution in [2.45, 2.75) is 6.04 Å². The maximum atomic E-state index is 13.8. The van der Waals surface area contributed by atoms with Crippen molar-refractivity contribution >= 4 is 5.69 Å². The van der Waals surface area contributed by atoms with Crippen LogP contribution in [0, 0.1) is 11.6 Å². The molecule has 106 valence electrons. The highest BCUT2D eigenvalue weighted by Gasteiger charge is 2.16. The van der Waals surface area contributed by atoms with Crippen LogP contribution < -0.4 is 10.2 Å². The summed E-state index contributed by atoms with van der Waals surface area (Å²) in [7, 11) is 3.65. The second-order valence-electron chi connectivity index (χ2n) is 4.72. The second kappa shape index (κ2) is 6.48. The van der Waals surface area contributed by atoms with Gasteiger partial charge in [0, 0.05) is 24.8 Å². The van der Waals surface area contributed by atoms with Gasteiger partial charge in [0.1, 0.15) is 11.6 Å². The molecule has 1 unspecified atom stereocenters. The zero-order valence-corrected chi connectivity index (χ0v) is 11.6. The molecule has 0 saturated heterocycles. The van der Waals surface area contributed by atoms with Gasteiger partial charge in [-0.25, -0.2) is 8.78 Å². The number of hydrogen-bond donors (Lipinski definition) is 1. The van der Waals surface area contributed by atoms with Gasteiger partial charge < -0.3 is 10.2 Å². The van der Waals surface area contributed by atoms with Gasteiger partial charge in [0.2, 0.25) is 0 Å². The minimum atomic E-state index is -0.277. The van der Waals surface area contributed by atoms with Crippen molar-refractivity contribution in [2.24, 2.45) is 0 Å². The maximum absolute atomic E-state index is 13.8. The van der Waals surface area contributed by atoms with Crippen molar-refractivity contribution in [3.63, 3.8) is 0 Å². The summed E-state index contributed by atoms with van der Waals surface area (Å²) in [5, 5.41) is 3.10. The number of nitrogens with zero attached hydrogens (tertiary/aromatic N) is 1. The van der Waals surface area contributed by atoms with Crippen LogP contribution in [0.15, 0.2) is 48.5 Å². The summed E-state index contributed by atoms with van der Waals surface area (Å²) in [6.45, 7) is 0.543. The monoisotopic (exact) mass is 276 g/mol. The first-order chi connectivity index (χ1) is 9.61. The quantitative estimate of drug-likeness (QED) is 0.901. The lowest BCUT2D eigenvalue weighted by molar-refractivity contribution is 0.534. The molecule has 4 heteroatoms. The molecule has 0 radical (unpaired) electrons. The van der Waals surface area contributed by atoms with Gasteiger partial charge in [0.05, 0.1) is 6.04 Å². The van der Waals surface area contributed by atoms with E-state index < -0.39 is 0 Å². The maximum Gasteiger partial charge on any atom is 0.128 e. The molecule has 2 rings (SSSR count). The third-order valence-electron chi connectivity index (χ3n) is 3.33. The zero-order chi connectivity index (χ0) is 14.5. The highest BCUT2D eigenvalue weighted by Crippen LogP contribution is 2.21. The van der Waals surface area contributed by atoms with E-state index in [2.05, 4.69) is 5.32 Å². The number of anilines is 1. The number of hydrogen-bond acceptors (Lipinski definition) is 2. The average molecular weight is 276 g/mol. The van der Waals surface area contributed by atoms with Gasteiger partial charge in [-0.05, 0) is 31.3 Å². The van der Waals surface area contributed by atoms with Crippen LogP contribution in [0.5, 0.6) is 0 Å². The van der Waals surface area contributed by atoms with Crippen molar-refractivity contribution in [3.8, 4) is 0 Å². The van der Waals surface area contributed by atoms with Crippen LogP contribution in [0.3, 0.4) is 0 Å². The van der Waals surface area contributed by atoms with Crippen molar-refractivity contribution in [2.75, 3.05) is 25.5 Å². The van der Waals surface area contributed by atoms with E-state index in [0.717, 1.165) is 5.69 Å². The fraction of sp³-hybridized carbons (Fsp3) is 0.250. The summed E-state index contributed by atoms with van der Waals surface area (Å²) in [5.74, 6) is -0.513. The molecule has 0 aliphatic rings. The minimum absolute atomic E-state index is 0.163. The predicted octanol–water partition coefficient (Wildman–Crippen LogP) is 3.36. The summed E-state index contributed by atoms with van der Waals surface area (Å²) in [6.07, 6.45) is 0. The van der Waals surface area contributed by atoms with Crippen molar-refractivity contribution in [1.82, 2.24) is 5.32 Å².